The Morgan fingerprint density at radius 1 is 1.17 bits per heavy atom. The van der Waals surface area contributed by atoms with Gasteiger partial charge in [0, 0.05) is 23.3 Å². The summed E-state index contributed by atoms with van der Waals surface area (Å²) in [6.07, 6.45) is 0. The maximum Gasteiger partial charge on any atom is 1.00 e. The molecule has 0 aliphatic heterocycles. The monoisotopic (exact) mass is 530 g/mol. The number of aryl methyl sites for hydroxylation is 2. The molecule has 0 fully saturated rings. The fourth-order valence-electron chi connectivity index (χ4n) is 2.90. The third-order valence-corrected chi connectivity index (χ3v) is 6.63. The van der Waals surface area contributed by atoms with Crippen molar-refractivity contribution in [3.8, 4) is 11.4 Å². The second-order valence-electron chi connectivity index (χ2n) is 7.20. The quantitative estimate of drug-likeness (QED) is 0.0698. The molecule has 0 bridgehead atoms. The second-order valence-corrected chi connectivity index (χ2v) is 9.83. The van der Waals surface area contributed by atoms with Crippen LogP contribution in [0.4, 0.5) is 5.69 Å². The van der Waals surface area contributed by atoms with E-state index in [1.165, 1.54) is 19.1 Å². The zero-order valence-electron chi connectivity index (χ0n) is 19.0. The van der Waals surface area contributed by atoms with E-state index in [4.69, 9.17) is 9.26 Å². The minimum absolute atomic E-state index is 0. The number of esters is 1. The van der Waals surface area contributed by atoms with Crippen LogP contribution in [0.5, 0.6) is 5.75 Å². The van der Waals surface area contributed by atoms with Crippen LogP contribution in [0.2, 0.25) is 0 Å². The van der Waals surface area contributed by atoms with Crippen LogP contribution in [0, 0.1) is 24.0 Å². The maximum absolute atomic E-state index is 12.8. The summed E-state index contributed by atoms with van der Waals surface area (Å²) in [7, 11) is -4.38. The van der Waals surface area contributed by atoms with E-state index in [1.807, 2.05) is 6.92 Å². The molecule has 2 aromatic carbocycles. The van der Waals surface area contributed by atoms with Gasteiger partial charge in [0.1, 0.15) is 11.5 Å². The Hall–Kier alpha value is -2.42. The number of nitro groups is 1. The molecule has 0 aliphatic rings. The van der Waals surface area contributed by atoms with Crippen molar-refractivity contribution in [1.29, 1.82) is 0 Å². The average Bonchev–Trinajstić information content (AvgIpc) is 3.05. The number of nitro benzene ring substituents is 1. The van der Waals surface area contributed by atoms with Crippen LogP contribution in [0.15, 0.2) is 51.8 Å². The zero-order chi connectivity index (χ0) is 25.0. The van der Waals surface area contributed by atoms with Crippen molar-refractivity contribution in [3.05, 3.63) is 85.4 Å². The summed E-state index contributed by atoms with van der Waals surface area (Å²) in [5.41, 5.74) is -0.373. The number of carbonyl (C=O) groups is 1. The first-order chi connectivity index (χ1) is 16.0. The second kappa shape index (κ2) is 12.0. The van der Waals surface area contributed by atoms with Crippen LogP contribution in [0.25, 0.3) is 5.69 Å². The molecule has 0 saturated carbocycles. The Labute approximate surface area is 226 Å². The molecule has 3 rings (SSSR count). The SMILES string of the molecule is Cc1ccc(OC(=O)c2ccc(-n3oc(C)c(CSCCS(=O)(=O)[O-])c3=O)c([N+](=O)[O-])c2)cc1.[Na+]. The third kappa shape index (κ3) is 7.53. The van der Waals surface area contributed by atoms with Crippen molar-refractivity contribution >= 4 is 33.5 Å². The molecule has 1 aromatic heterocycles. The molecular formula is C21H19N2NaO9S2. The standard InChI is InChI=1S/C21H20N2O9S2.Na/c1-13-3-6-16(7-4-13)31-21(25)15-5-8-18(19(11-15)23(26)27)22-20(24)17(14(2)32-22)12-33-9-10-34(28,29)30;/h3-8,11H,9-10,12H2,1-2H3,(H,28,29,30);/q;+1/p-1. The van der Waals surface area contributed by atoms with E-state index in [9.17, 15) is 32.7 Å². The summed E-state index contributed by atoms with van der Waals surface area (Å²) in [5, 5.41) is 11.7. The molecule has 0 spiro atoms. The van der Waals surface area contributed by atoms with E-state index in [-0.39, 0.29) is 69.4 Å². The van der Waals surface area contributed by atoms with Crippen LogP contribution in [-0.4, -0.2) is 40.1 Å². The molecule has 0 unspecified atom stereocenters. The van der Waals surface area contributed by atoms with Crippen LogP contribution in [-0.2, 0) is 15.9 Å². The van der Waals surface area contributed by atoms with Gasteiger partial charge >= 0.3 is 35.5 Å². The third-order valence-electron chi connectivity index (χ3n) is 4.68. The normalized spacial score (nSPS) is 11.1. The molecule has 3 aromatic rings. The molecule has 0 N–H and O–H groups in total. The first-order valence-corrected chi connectivity index (χ1v) is 12.5. The van der Waals surface area contributed by atoms with Crippen LogP contribution < -0.4 is 39.9 Å². The van der Waals surface area contributed by atoms with Crippen molar-refractivity contribution in [2.24, 2.45) is 0 Å². The summed E-state index contributed by atoms with van der Waals surface area (Å²) < 4.78 is 43.5. The number of rotatable bonds is 9. The van der Waals surface area contributed by atoms with Gasteiger partial charge in [-0.05, 0) is 38.1 Å². The number of hydrogen-bond donors (Lipinski definition) is 0. The van der Waals surface area contributed by atoms with E-state index in [0.29, 0.717) is 0 Å². The van der Waals surface area contributed by atoms with Gasteiger partial charge in [0.05, 0.1) is 26.2 Å². The Bertz CT molecular complexity index is 1400. The summed E-state index contributed by atoms with van der Waals surface area (Å²) in [5.74, 6) is -0.924. The van der Waals surface area contributed by atoms with Gasteiger partial charge in [0.15, 0.2) is 5.69 Å². The molecule has 1 heterocycles. The average molecular weight is 531 g/mol. The molecule has 0 aliphatic carbocycles. The maximum atomic E-state index is 12.8. The number of hydrogen-bond acceptors (Lipinski definition) is 10. The van der Waals surface area contributed by atoms with Gasteiger partial charge < -0.3 is 13.8 Å². The van der Waals surface area contributed by atoms with E-state index >= 15 is 0 Å². The first kappa shape index (κ1) is 28.8. The summed E-state index contributed by atoms with van der Waals surface area (Å²) in [6.45, 7) is 3.35. The smallest absolute Gasteiger partial charge is 0.748 e. The topological polar surface area (TPSA) is 162 Å². The Morgan fingerprint density at radius 2 is 1.83 bits per heavy atom. The summed E-state index contributed by atoms with van der Waals surface area (Å²) in [6, 6.07) is 10.1. The molecule has 35 heavy (non-hydrogen) atoms. The van der Waals surface area contributed by atoms with Gasteiger partial charge in [-0.15, -0.1) is 4.74 Å². The Morgan fingerprint density at radius 3 is 2.43 bits per heavy atom. The van der Waals surface area contributed by atoms with Gasteiger partial charge in [0.2, 0.25) is 0 Å². The fraction of sp³-hybridized carbons (Fsp3) is 0.238. The molecule has 0 radical (unpaired) electrons. The number of nitrogens with zero attached hydrogens (tertiary/aromatic N) is 2. The van der Waals surface area contributed by atoms with Gasteiger partial charge in [-0.1, -0.05) is 17.7 Å². The summed E-state index contributed by atoms with van der Waals surface area (Å²) in [4.78, 5) is 36.2. The minimum atomic E-state index is -4.38. The van der Waals surface area contributed by atoms with Crippen LogP contribution in [0.3, 0.4) is 0 Å². The van der Waals surface area contributed by atoms with E-state index in [2.05, 4.69) is 0 Å². The van der Waals surface area contributed by atoms with Crippen molar-refractivity contribution in [2.45, 2.75) is 19.6 Å². The Balaban J connectivity index is 0.00000432. The zero-order valence-corrected chi connectivity index (χ0v) is 22.7. The van der Waals surface area contributed by atoms with E-state index < -0.39 is 38.0 Å². The van der Waals surface area contributed by atoms with Crippen molar-refractivity contribution in [3.63, 3.8) is 0 Å². The predicted molar refractivity (Wildman–Crippen MR) is 123 cm³/mol. The number of benzene rings is 2. The minimum Gasteiger partial charge on any atom is -0.748 e. The predicted octanol–water partition coefficient (Wildman–Crippen LogP) is -0.0429. The van der Waals surface area contributed by atoms with Crippen molar-refractivity contribution in [1.82, 2.24) is 4.74 Å². The molecule has 180 valence electrons. The van der Waals surface area contributed by atoms with Gasteiger partial charge in [-0.2, -0.15) is 11.8 Å². The fourth-order valence-corrected chi connectivity index (χ4v) is 4.87. The molecule has 0 amide bonds. The van der Waals surface area contributed by atoms with Crippen molar-refractivity contribution < 1.29 is 61.5 Å². The number of thioether (sulfide) groups is 1. The number of aromatic nitrogens is 1. The van der Waals surface area contributed by atoms with Gasteiger partial charge in [0.25, 0.3) is 11.2 Å². The van der Waals surface area contributed by atoms with Crippen molar-refractivity contribution in [2.75, 3.05) is 11.5 Å². The summed E-state index contributed by atoms with van der Waals surface area (Å²) >= 11 is 1.04. The van der Waals surface area contributed by atoms with Gasteiger partial charge in [-0.25, -0.2) is 13.2 Å². The van der Waals surface area contributed by atoms with E-state index in [1.54, 1.807) is 24.3 Å². The molecular weight excluding hydrogens is 511 g/mol. The molecule has 0 atom stereocenters. The first-order valence-electron chi connectivity index (χ1n) is 9.77. The Kier molecular flexibility index (Phi) is 9.89. The molecule has 0 saturated heterocycles. The van der Waals surface area contributed by atoms with Crippen LogP contribution in [0.1, 0.15) is 27.2 Å². The van der Waals surface area contributed by atoms with Crippen LogP contribution >= 0.6 is 11.8 Å². The molecule has 14 heteroatoms. The molecule has 11 nitrogen and oxygen atoms in total. The van der Waals surface area contributed by atoms with Gasteiger partial charge in [-0.3, -0.25) is 14.9 Å². The number of carbonyl (C=O) groups excluding carboxylic acids is 1. The largest absolute Gasteiger partial charge is 1.00 e. The van der Waals surface area contributed by atoms with E-state index in [0.717, 1.165) is 28.1 Å². The number of ether oxygens (including phenoxy) is 1.